The second kappa shape index (κ2) is 5.63. The molecule has 0 saturated carbocycles. The molecule has 4 nitrogen and oxygen atoms in total. The third-order valence-electron chi connectivity index (χ3n) is 3.15. The molecule has 0 aliphatic rings. The molecule has 0 aromatic carbocycles. The lowest BCUT2D eigenvalue weighted by atomic mass is 10.2. The van der Waals surface area contributed by atoms with Gasteiger partial charge >= 0.3 is 0 Å². The van der Waals surface area contributed by atoms with E-state index in [1.54, 1.807) is 24.8 Å². The maximum atomic E-state index is 5.09. The summed E-state index contributed by atoms with van der Waals surface area (Å²) in [7, 11) is 3.80. The molecular weight excluding hydrogens is 246 g/mol. The van der Waals surface area contributed by atoms with Crippen LogP contribution in [0.15, 0.2) is 6.33 Å². The van der Waals surface area contributed by atoms with Crippen LogP contribution in [0, 0.1) is 13.8 Å². The number of nitrogens with zero attached hydrogens (tertiary/aromatic N) is 3. The molecule has 0 unspecified atom stereocenters. The predicted molar refractivity (Wildman–Crippen MR) is 76.7 cm³/mol. The lowest BCUT2D eigenvalue weighted by molar-refractivity contribution is 0.196. The van der Waals surface area contributed by atoms with Crippen molar-refractivity contribution < 1.29 is 4.74 Å². The topological polar surface area (TPSA) is 38.2 Å². The summed E-state index contributed by atoms with van der Waals surface area (Å²) in [6.07, 6.45) is 2.65. The van der Waals surface area contributed by atoms with Crippen molar-refractivity contribution in [3.8, 4) is 0 Å². The number of methoxy groups -OCH3 is 1. The highest BCUT2D eigenvalue weighted by molar-refractivity contribution is 7.18. The van der Waals surface area contributed by atoms with Gasteiger partial charge in [-0.1, -0.05) is 0 Å². The summed E-state index contributed by atoms with van der Waals surface area (Å²) in [5, 5.41) is 1.19. The van der Waals surface area contributed by atoms with Gasteiger partial charge in [-0.15, -0.1) is 11.3 Å². The highest BCUT2D eigenvalue weighted by Crippen LogP contribution is 2.33. The molecule has 2 heterocycles. The number of thiophene rings is 1. The Morgan fingerprint density at radius 2 is 2.11 bits per heavy atom. The summed E-state index contributed by atoms with van der Waals surface area (Å²) in [4.78, 5) is 13.4. The maximum absolute atomic E-state index is 5.09. The Labute approximate surface area is 112 Å². The van der Waals surface area contributed by atoms with E-state index in [0.29, 0.717) is 0 Å². The van der Waals surface area contributed by atoms with Crippen LogP contribution in [0.4, 0.5) is 5.82 Å². The standard InChI is InChI=1S/C13H19N3OS/c1-9-10(2)18-13-11(9)12(14-8-15-13)16(3)6-5-7-17-4/h8H,5-7H2,1-4H3. The number of hydrogen-bond acceptors (Lipinski definition) is 5. The summed E-state index contributed by atoms with van der Waals surface area (Å²) < 4.78 is 5.09. The summed E-state index contributed by atoms with van der Waals surface area (Å²) in [6.45, 7) is 5.99. The van der Waals surface area contributed by atoms with Crippen molar-refractivity contribution in [3.63, 3.8) is 0 Å². The van der Waals surface area contributed by atoms with Crippen LogP contribution in [0.2, 0.25) is 0 Å². The van der Waals surface area contributed by atoms with Crippen molar-refractivity contribution >= 4 is 27.4 Å². The minimum absolute atomic E-state index is 0.778. The van der Waals surface area contributed by atoms with Crippen LogP contribution in [0.3, 0.4) is 0 Å². The van der Waals surface area contributed by atoms with Gasteiger partial charge in [0, 0.05) is 32.2 Å². The quantitative estimate of drug-likeness (QED) is 0.779. The van der Waals surface area contributed by atoms with E-state index < -0.39 is 0 Å². The van der Waals surface area contributed by atoms with Crippen molar-refractivity contribution in [1.82, 2.24) is 9.97 Å². The molecule has 2 rings (SSSR count). The number of aryl methyl sites for hydroxylation is 2. The van der Waals surface area contributed by atoms with E-state index in [1.165, 1.54) is 15.8 Å². The van der Waals surface area contributed by atoms with Gasteiger partial charge in [0.2, 0.25) is 0 Å². The molecule has 0 bridgehead atoms. The van der Waals surface area contributed by atoms with E-state index in [0.717, 1.165) is 30.2 Å². The van der Waals surface area contributed by atoms with E-state index in [4.69, 9.17) is 4.74 Å². The number of fused-ring (bicyclic) bond motifs is 1. The largest absolute Gasteiger partial charge is 0.385 e. The van der Waals surface area contributed by atoms with E-state index in [1.807, 2.05) is 0 Å². The van der Waals surface area contributed by atoms with Crippen LogP contribution in [0.1, 0.15) is 16.9 Å². The Kier molecular flexibility index (Phi) is 4.14. The van der Waals surface area contributed by atoms with Gasteiger partial charge in [0.1, 0.15) is 17.0 Å². The monoisotopic (exact) mass is 265 g/mol. The third kappa shape index (κ3) is 2.47. The molecule has 0 fully saturated rings. The molecule has 2 aromatic heterocycles. The van der Waals surface area contributed by atoms with Gasteiger partial charge in [-0.25, -0.2) is 9.97 Å². The van der Waals surface area contributed by atoms with E-state index in [2.05, 4.69) is 35.8 Å². The SMILES string of the molecule is COCCCN(C)c1ncnc2sc(C)c(C)c12. The summed E-state index contributed by atoms with van der Waals surface area (Å²) in [6, 6.07) is 0. The second-order valence-electron chi connectivity index (χ2n) is 4.43. The number of aromatic nitrogens is 2. The highest BCUT2D eigenvalue weighted by Gasteiger charge is 2.14. The van der Waals surface area contributed by atoms with Crippen molar-refractivity contribution in [3.05, 3.63) is 16.8 Å². The lowest BCUT2D eigenvalue weighted by Crippen LogP contribution is -2.21. The van der Waals surface area contributed by atoms with Gasteiger partial charge in [-0.2, -0.15) is 0 Å². The molecule has 0 saturated heterocycles. The fourth-order valence-electron chi connectivity index (χ4n) is 2.01. The molecule has 0 aliphatic heterocycles. The fourth-order valence-corrected chi connectivity index (χ4v) is 3.00. The zero-order valence-corrected chi connectivity index (χ0v) is 12.2. The van der Waals surface area contributed by atoms with Gasteiger partial charge in [-0.3, -0.25) is 0 Å². The molecule has 2 aromatic rings. The zero-order valence-electron chi connectivity index (χ0n) is 11.4. The van der Waals surface area contributed by atoms with Crippen molar-refractivity contribution in [2.75, 3.05) is 32.2 Å². The number of rotatable bonds is 5. The molecule has 0 N–H and O–H groups in total. The minimum atomic E-state index is 0.778. The fraction of sp³-hybridized carbons (Fsp3) is 0.538. The first-order valence-electron chi connectivity index (χ1n) is 6.06. The summed E-state index contributed by atoms with van der Waals surface area (Å²) >= 11 is 1.74. The Balaban J connectivity index is 2.32. The maximum Gasteiger partial charge on any atom is 0.140 e. The predicted octanol–water partition coefficient (Wildman–Crippen LogP) is 2.78. The van der Waals surface area contributed by atoms with Gasteiger partial charge in [0.05, 0.1) is 5.39 Å². The summed E-state index contributed by atoms with van der Waals surface area (Å²) in [5.74, 6) is 1.03. The first kappa shape index (κ1) is 13.2. The van der Waals surface area contributed by atoms with Crippen molar-refractivity contribution in [2.24, 2.45) is 0 Å². The first-order chi connectivity index (χ1) is 8.65. The van der Waals surface area contributed by atoms with Crippen LogP contribution in [0.5, 0.6) is 0 Å². The van der Waals surface area contributed by atoms with Crippen molar-refractivity contribution in [2.45, 2.75) is 20.3 Å². The van der Waals surface area contributed by atoms with Gasteiger partial charge in [0.25, 0.3) is 0 Å². The van der Waals surface area contributed by atoms with Gasteiger partial charge in [-0.05, 0) is 25.8 Å². The lowest BCUT2D eigenvalue weighted by Gasteiger charge is -2.18. The molecule has 5 heteroatoms. The molecule has 98 valence electrons. The Morgan fingerprint density at radius 1 is 1.33 bits per heavy atom. The average Bonchev–Trinajstić information content (AvgIpc) is 2.65. The minimum Gasteiger partial charge on any atom is -0.385 e. The van der Waals surface area contributed by atoms with E-state index in [-0.39, 0.29) is 0 Å². The second-order valence-corrected chi connectivity index (χ2v) is 5.63. The Hall–Kier alpha value is -1.20. The van der Waals surface area contributed by atoms with Crippen LogP contribution in [0.25, 0.3) is 10.2 Å². The van der Waals surface area contributed by atoms with Crippen LogP contribution < -0.4 is 4.90 Å². The van der Waals surface area contributed by atoms with E-state index >= 15 is 0 Å². The van der Waals surface area contributed by atoms with Gasteiger partial charge < -0.3 is 9.64 Å². The van der Waals surface area contributed by atoms with Crippen molar-refractivity contribution in [1.29, 1.82) is 0 Å². The van der Waals surface area contributed by atoms with Crippen LogP contribution in [-0.2, 0) is 4.74 Å². The Morgan fingerprint density at radius 3 is 2.83 bits per heavy atom. The van der Waals surface area contributed by atoms with Crippen LogP contribution in [-0.4, -0.2) is 37.3 Å². The normalized spacial score (nSPS) is 11.1. The molecule has 0 spiro atoms. The zero-order chi connectivity index (χ0) is 13.1. The average molecular weight is 265 g/mol. The first-order valence-corrected chi connectivity index (χ1v) is 6.87. The molecular formula is C13H19N3OS. The van der Waals surface area contributed by atoms with E-state index in [9.17, 15) is 0 Å². The smallest absolute Gasteiger partial charge is 0.140 e. The number of anilines is 1. The van der Waals surface area contributed by atoms with Crippen LogP contribution >= 0.6 is 11.3 Å². The molecule has 0 aliphatic carbocycles. The molecule has 0 atom stereocenters. The number of ether oxygens (including phenoxy) is 1. The molecule has 0 amide bonds. The third-order valence-corrected chi connectivity index (χ3v) is 4.26. The Bertz CT molecular complexity index is 538. The number of hydrogen-bond donors (Lipinski definition) is 0. The summed E-state index contributed by atoms with van der Waals surface area (Å²) in [5.41, 5.74) is 1.30. The highest BCUT2D eigenvalue weighted by atomic mass is 32.1. The molecule has 18 heavy (non-hydrogen) atoms. The van der Waals surface area contributed by atoms with Gasteiger partial charge in [0.15, 0.2) is 0 Å². The molecule has 0 radical (unpaired) electrons.